The van der Waals surface area contributed by atoms with Crippen molar-refractivity contribution in [3.05, 3.63) is 85.3 Å². The molecule has 0 aliphatic heterocycles. The number of halogens is 6. The van der Waals surface area contributed by atoms with Crippen molar-refractivity contribution >= 4 is 32.6 Å². The van der Waals surface area contributed by atoms with Crippen LogP contribution in [-0.4, -0.2) is 57.0 Å². The third-order valence-corrected chi connectivity index (χ3v) is 7.57. The number of fused-ring (bicyclic) bond motifs is 1. The van der Waals surface area contributed by atoms with Gasteiger partial charge in [0.1, 0.15) is 0 Å². The molecule has 0 aliphatic carbocycles. The summed E-state index contributed by atoms with van der Waals surface area (Å²) in [7, 11) is 0.115. The van der Waals surface area contributed by atoms with Crippen molar-refractivity contribution in [1.82, 2.24) is 29.2 Å². The van der Waals surface area contributed by atoms with Gasteiger partial charge >= 0.3 is 24.0 Å². The molecule has 5 rings (SSSR count). The zero-order valence-corrected chi connectivity index (χ0v) is 27.7. The van der Waals surface area contributed by atoms with Gasteiger partial charge in [0.15, 0.2) is 0 Å². The molecule has 0 spiro atoms. The van der Waals surface area contributed by atoms with E-state index in [1.807, 2.05) is 0 Å². The van der Waals surface area contributed by atoms with E-state index in [0.717, 1.165) is 31.6 Å². The topological polar surface area (TPSA) is 189 Å². The number of aromatic amines is 1. The molecule has 0 fully saturated rings. The van der Waals surface area contributed by atoms with E-state index in [2.05, 4.69) is 19.9 Å². The number of nitrogens with one attached hydrogen (secondary N) is 2. The number of methoxy groups -OCH3 is 1. The first-order chi connectivity index (χ1) is 22.9. The molecule has 4 N–H and O–H groups in total. The quantitative estimate of drug-likeness (QED) is 0.138. The third-order valence-electron chi connectivity index (χ3n) is 7.05. The number of aromatic nitrogens is 6. The molecule has 0 amide bonds. The molecule has 0 bridgehead atoms. The molecule has 0 aliphatic rings. The van der Waals surface area contributed by atoms with Crippen molar-refractivity contribution in [2.45, 2.75) is 26.2 Å². The maximum absolute atomic E-state index is 13.6. The van der Waals surface area contributed by atoms with Crippen molar-refractivity contribution in [2.24, 2.45) is 14.1 Å². The predicted octanol–water partition coefficient (Wildman–Crippen LogP) is 3.70. The fraction of sp³-hybridized carbons (Fsp3) is 0.276. The van der Waals surface area contributed by atoms with E-state index in [4.69, 9.17) is 5.73 Å². The van der Waals surface area contributed by atoms with Crippen molar-refractivity contribution in [3.63, 3.8) is 0 Å². The number of alkyl halides is 6. The number of anilines is 1. The first kappa shape index (κ1) is 37.2. The lowest BCUT2D eigenvalue weighted by atomic mass is 9.98. The number of H-pyrrole nitrogens is 1. The van der Waals surface area contributed by atoms with E-state index in [0.29, 0.717) is 17.5 Å². The lowest BCUT2D eigenvalue weighted by Crippen LogP contribution is -2.43. The molecule has 0 atom stereocenters. The van der Waals surface area contributed by atoms with Gasteiger partial charge in [-0.1, -0.05) is 0 Å². The van der Waals surface area contributed by atoms with Gasteiger partial charge in [0, 0.05) is 30.9 Å². The number of esters is 1. The average Bonchev–Trinajstić information content (AvgIpc) is 3.51. The number of sulfonamides is 1. The molecule has 2 aromatic carbocycles. The molecule has 0 unspecified atom stereocenters. The maximum Gasteiger partial charge on any atom is 0.417 e. The Bertz CT molecular complexity index is 2370. The van der Waals surface area contributed by atoms with Crippen LogP contribution in [0.4, 0.5) is 32.0 Å². The third kappa shape index (κ3) is 7.66. The number of hydrogen-bond acceptors (Lipinski definition) is 9. The Kier molecular flexibility index (Phi) is 9.70. The van der Waals surface area contributed by atoms with Crippen LogP contribution in [0, 0.1) is 13.8 Å². The van der Waals surface area contributed by atoms with Gasteiger partial charge in [-0.05, 0) is 50.2 Å². The molecule has 14 nitrogen and oxygen atoms in total. The lowest BCUT2D eigenvalue weighted by molar-refractivity contribution is -0.137. The second kappa shape index (κ2) is 13.0. The van der Waals surface area contributed by atoms with E-state index in [9.17, 15) is 49.1 Å². The van der Waals surface area contributed by atoms with Crippen molar-refractivity contribution in [3.8, 4) is 22.5 Å². The van der Waals surface area contributed by atoms with Crippen LogP contribution in [0.2, 0.25) is 0 Å². The van der Waals surface area contributed by atoms with Gasteiger partial charge in [-0.3, -0.25) is 14.2 Å². The molecular formula is C29H28F6N8O6S. The second-order valence-corrected chi connectivity index (χ2v) is 12.7. The summed E-state index contributed by atoms with van der Waals surface area (Å²) in [6, 6.07) is 6.33. The van der Waals surface area contributed by atoms with Crippen LogP contribution in [0.5, 0.6) is 0 Å². The van der Waals surface area contributed by atoms with Crippen molar-refractivity contribution in [1.29, 1.82) is 0 Å². The molecule has 0 saturated heterocycles. The summed E-state index contributed by atoms with van der Waals surface area (Å²) in [5, 5.41) is 7.73. The number of nitrogen functional groups attached to an aromatic ring is 1. The maximum atomic E-state index is 13.6. The molecule has 0 saturated carbocycles. The van der Waals surface area contributed by atoms with E-state index < -0.39 is 50.7 Å². The van der Waals surface area contributed by atoms with E-state index >= 15 is 0 Å². The van der Waals surface area contributed by atoms with Crippen LogP contribution < -0.4 is 21.8 Å². The Morgan fingerprint density at radius 1 is 0.860 bits per heavy atom. The van der Waals surface area contributed by atoms with E-state index in [1.165, 1.54) is 35.6 Å². The van der Waals surface area contributed by atoms with Gasteiger partial charge in [-0.25, -0.2) is 22.8 Å². The standard InChI is InChI=1S/C15H14F3N5O4S.C14H14F3N3O2/c1-7-4-12(22(2)20-7)8-5-9-11(6-10(8)15(16,17)18)19-14(25)23(13(9)24)21-28(3,26)27;1-7-4-12(20(2)19-7)8-5-9(13(21)22-3)11(18)6-10(8)14(15,16)17/h4-6,21H,1-3H3,(H,19,25);4-6H,18H2,1-3H3. The largest absolute Gasteiger partial charge is 0.465 e. The highest BCUT2D eigenvalue weighted by Gasteiger charge is 2.37. The highest BCUT2D eigenvalue weighted by atomic mass is 32.2. The summed E-state index contributed by atoms with van der Waals surface area (Å²) < 4.78 is 111. The zero-order chi connectivity index (χ0) is 37.7. The van der Waals surface area contributed by atoms with Gasteiger partial charge in [-0.15, -0.1) is 0 Å². The Balaban J connectivity index is 0.000000232. The molecule has 21 heteroatoms. The van der Waals surface area contributed by atoms with Gasteiger partial charge in [-0.2, -0.15) is 41.2 Å². The van der Waals surface area contributed by atoms with Crippen LogP contribution in [0.25, 0.3) is 33.4 Å². The van der Waals surface area contributed by atoms with Gasteiger partial charge in [0.05, 0.1) is 63.7 Å². The number of nitrogens with two attached hydrogens (primary N) is 1. The number of carbonyl (C=O) groups excluding carboxylic acids is 1. The summed E-state index contributed by atoms with van der Waals surface area (Å²) in [5.41, 5.74) is 1.27. The smallest absolute Gasteiger partial charge is 0.417 e. The molecule has 5 aromatic rings. The fourth-order valence-electron chi connectivity index (χ4n) is 5.03. The number of ether oxygens (including phenoxy) is 1. The number of nitrogens with zero attached hydrogens (tertiary/aromatic N) is 5. The van der Waals surface area contributed by atoms with Gasteiger partial charge in [0.25, 0.3) is 5.56 Å². The molecule has 3 heterocycles. The van der Waals surface area contributed by atoms with Crippen LogP contribution in [0.1, 0.15) is 32.9 Å². The minimum atomic E-state index is -4.78. The second-order valence-electron chi connectivity index (χ2n) is 10.9. The first-order valence-electron chi connectivity index (χ1n) is 13.9. The Labute approximate surface area is 278 Å². The number of rotatable bonds is 5. The minimum absolute atomic E-state index is 0.0972. The highest BCUT2D eigenvalue weighted by Crippen LogP contribution is 2.40. The number of aryl methyl sites for hydroxylation is 4. The summed E-state index contributed by atoms with van der Waals surface area (Å²) in [4.78, 5) is 40.0. The van der Waals surface area contributed by atoms with Crippen molar-refractivity contribution < 1.29 is 44.3 Å². The van der Waals surface area contributed by atoms with E-state index in [-0.39, 0.29) is 49.3 Å². The average molecular weight is 731 g/mol. The monoisotopic (exact) mass is 730 g/mol. The number of benzene rings is 2. The van der Waals surface area contributed by atoms with Crippen LogP contribution >= 0.6 is 0 Å². The predicted molar refractivity (Wildman–Crippen MR) is 169 cm³/mol. The Morgan fingerprint density at radius 2 is 1.34 bits per heavy atom. The first-order valence-corrected chi connectivity index (χ1v) is 15.8. The summed E-state index contributed by atoms with van der Waals surface area (Å²) >= 11 is 0. The van der Waals surface area contributed by atoms with Crippen LogP contribution in [-0.2, 0) is 41.2 Å². The Hall–Kier alpha value is -5.60. The molecular weight excluding hydrogens is 702 g/mol. The Morgan fingerprint density at radius 3 is 1.76 bits per heavy atom. The summed E-state index contributed by atoms with van der Waals surface area (Å²) in [5.74, 6) is -0.800. The van der Waals surface area contributed by atoms with Gasteiger partial charge in [0.2, 0.25) is 10.0 Å². The number of hydrogen-bond donors (Lipinski definition) is 3. The SMILES string of the molecule is COC(=O)c1cc(-c2cc(C)nn2C)c(C(F)(F)F)cc1N.Cc1cc(-c2cc3c(=O)n(NS(C)(=O)=O)c(=O)[nH]c3cc2C(F)(F)F)n(C)n1. The molecule has 3 aromatic heterocycles. The highest BCUT2D eigenvalue weighted by molar-refractivity contribution is 7.91. The van der Waals surface area contributed by atoms with Crippen LogP contribution in [0.3, 0.4) is 0 Å². The summed E-state index contributed by atoms with van der Waals surface area (Å²) in [6.07, 6.45) is -8.67. The summed E-state index contributed by atoms with van der Waals surface area (Å²) in [6.45, 7) is 3.26. The molecule has 50 heavy (non-hydrogen) atoms. The zero-order valence-electron chi connectivity index (χ0n) is 26.9. The van der Waals surface area contributed by atoms with Crippen molar-refractivity contribution in [2.75, 3.05) is 23.9 Å². The fourth-order valence-corrected chi connectivity index (χ4v) is 5.53. The number of carbonyl (C=O) groups is 1. The van der Waals surface area contributed by atoms with Crippen LogP contribution in [0.15, 0.2) is 46.0 Å². The minimum Gasteiger partial charge on any atom is -0.465 e. The normalized spacial score (nSPS) is 12.1. The molecule has 0 radical (unpaired) electrons. The molecule has 268 valence electrons. The van der Waals surface area contributed by atoms with Gasteiger partial charge < -0.3 is 15.5 Å². The lowest BCUT2D eigenvalue weighted by Gasteiger charge is -2.16. The van der Waals surface area contributed by atoms with E-state index in [1.54, 1.807) is 18.7 Å².